The highest BCUT2D eigenvalue weighted by Gasteiger charge is 2.25. The minimum atomic E-state index is -1.13. The van der Waals surface area contributed by atoms with Crippen LogP contribution >= 0.6 is 0 Å². The molecule has 0 bridgehead atoms. The zero-order valence-electron chi connectivity index (χ0n) is 26.0. The Bertz CT molecular complexity index is 727. The topological polar surface area (TPSA) is 102 Å². The predicted molar refractivity (Wildman–Crippen MR) is 157 cm³/mol. The number of ether oxygens (including phenoxy) is 3. The molecule has 232 valence electrons. The van der Waals surface area contributed by atoms with E-state index in [0.717, 1.165) is 57.8 Å². The van der Waals surface area contributed by atoms with Gasteiger partial charge in [-0.25, -0.2) is 0 Å². The number of aliphatic carboxylic acids is 1. The number of carboxylic acids is 1. The Hall–Kier alpha value is -2.19. The van der Waals surface area contributed by atoms with Crippen LogP contribution in [-0.2, 0) is 28.6 Å². The summed E-state index contributed by atoms with van der Waals surface area (Å²) in [5, 5.41) is 11.4. The van der Waals surface area contributed by atoms with Gasteiger partial charge < -0.3 is 28.6 Å². The molecule has 40 heavy (non-hydrogen) atoms. The lowest BCUT2D eigenvalue weighted by molar-refractivity contribution is -0.889. The van der Waals surface area contributed by atoms with E-state index in [0.29, 0.717) is 12.8 Å². The summed E-state index contributed by atoms with van der Waals surface area (Å²) in [6, 6.07) is -0.721. The second-order valence-electron chi connectivity index (χ2n) is 11.3. The number of hydrogen-bond acceptors (Lipinski definition) is 7. The van der Waals surface area contributed by atoms with Crippen LogP contribution in [0, 0.1) is 0 Å². The molecule has 0 aliphatic carbocycles. The Balaban J connectivity index is 4.32. The normalized spacial score (nSPS) is 13.5. The fraction of sp³-hybridized carbons (Fsp3) is 0.781. The van der Waals surface area contributed by atoms with E-state index in [9.17, 15) is 19.5 Å². The van der Waals surface area contributed by atoms with Crippen molar-refractivity contribution in [3.63, 3.8) is 0 Å². The van der Waals surface area contributed by atoms with Crippen LogP contribution in [0.1, 0.15) is 110 Å². The Labute approximate surface area is 243 Å². The van der Waals surface area contributed by atoms with Gasteiger partial charge in [0.05, 0.1) is 40.3 Å². The molecule has 0 aromatic heterocycles. The van der Waals surface area contributed by atoms with Gasteiger partial charge in [0, 0.05) is 19.3 Å². The van der Waals surface area contributed by atoms with Gasteiger partial charge in [-0.2, -0.15) is 0 Å². The third-order valence-electron chi connectivity index (χ3n) is 6.59. The van der Waals surface area contributed by atoms with Gasteiger partial charge >= 0.3 is 11.9 Å². The first-order valence-electron chi connectivity index (χ1n) is 15.4. The summed E-state index contributed by atoms with van der Waals surface area (Å²) < 4.78 is 16.7. The summed E-state index contributed by atoms with van der Waals surface area (Å²) in [6.07, 6.45) is 21.6. The molecule has 0 fully saturated rings. The minimum absolute atomic E-state index is 0.0335. The number of allylic oxidation sites excluding steroid dienone is 4. The van der Waals surface area contributed by atoms with Gasteiger partial charge in [-0.1, -0.05) is 76.7 Å². The molecule has 0 saturated heterocycles. The fourth-order valence-electron chi connectivity index (χ4n) is 4.06. The molecule has 0 aromatic carbocycles. The molecular formula is C32H57NO7. The van der Waals surface area contributed by atoms with Crippen molar-refractivity contribution in [3.05, 3.63) is 24.3 Å². The molecule has 0 amide bonds. The van der Waals surface area contributed by atoms with E-state index in [1.54, 1.807) is 21.1 Å². The van der Waals surface area contributed by atoms with Crippen LogP contribution in [0.25, 0.3) is 0 Å². The van der Waals surface area contributed by atoms with Gasteiger partial charge in [-0.3, -0.25) is 9.59 Å². The molecule has 0 rings (SSSR count). The first kappa shape index (κ1) is 37.8. The summed E-state index contributed by atoms with van der Waals surface area (Å²) in [6.45, 7) is 4.32. The van der Waals surface area contributed by atoms with E-state index in [2.05, 4.69) is 31.2 Å². The average molecular weight is 568 g/mol. The van der Waals surface area contributed by atoms with Crippen molar-refractivity contribution in [1.29, 1.82) is 0 Å². The SMILES string of the molecule is CCCC/C=C\C/C=C\CCCCCCCC(=O)OC(COCCC(C(=O)[O-])[N+](C)(C)C)COC(=O)CCCC. The van der Waals surface area contributed by atoms with Crippen molar-refractivity contribution < 1.29 is 38.2 Å². The summed E-state index contributed by atoms with van der Waals surface area (Å²) in [7, 11) is 5.35. The van der Waals surface area contributed by atoms with Crippen molar-refractivity contribution in [2.75, 3.05) is 41.0 Å². The van der Waals surface area contributed by atoms with E-state index in [1.807, 2.05) is 6.92 Å². The molecule has 0 aliphatic rings. The molecule has 2 unspecified atom stereocenters. The second kappa shape index (κ2) is 24.6. The quantitative estimate of drug-likeness (QED) is 0.0606. The number of rotatable bonds is 26. The second-order valence-corrected chi connectivity index (χ2v) is 11.3. The minimum Gasteiger partial charge on any atom is -0.544 e. The van der Waals surface area contributed by atoms with Crippen LogP contribution in [0.5, 0.6) is 0 Å². The van der Waals surface area contributed by atoms with Gasteiger partial charge in [-0.15, -0.1) is 0 Å². The first-order chi connectivity index (χ1) is 19.1. The number of likely N-dealkylation sites (N-methyl/N-ethyl adjacent to an activating group) is 1. The number of nitrogens with zero attached hydrogens (tertiary/aromatic N) is 1. The van der Waals surface area contributed by atoms with E-state index in [4.69, 9.17) is 14.2 Å². The largest absolute Gasteiger partial charge is 0.544 e. The molecule has 2 atom stereocenters. The zero-order chi connectivity index (χ0) is 30.1. The summed E-state index contributed by atoms with van der Waals surface area (Å²) in [5.74, 6) is -1.80. The Morgan fingerprint density at radius 1 is 0.750 bits per heavy atom. The smallest absolute Gasteiger partial charge is 0.306 e. The molecule has 0 aromatic rings. The van der Waals surface area contributed by atoms with Crippen molar-refractivity contribution in [2.45, 2.75) is 122 Å². The standard InChI is InChI=1S/C32H57NO7/c1-6-8-10-11-12-13-14-15-16-17-18-19-20-21-23-31(35)40-28(27-39-30(34)22-9-7-2)26-38-25-24-29(32(36)37)33(3,4)5/h11-12,14-15,28-29H,6-10,13,16-27H2,1-5H3/b12-11-,15-14-. The van der Waals surface area contributed by atoms with Crippen LogP contribution < -0.4 is 5.11 Å². The third-order valence-corrected chi connectivity index (χ3v) is 6.59. The van der Waals surface area contributed by atoms with E-state index in [1.165, 1.54) is 19.3 Å². The van der Waals surface area contributed by atoms with Crippen LogP contribution in [0.4, 0.5) is 0 Å². The third kappa shape index (κ3) is 22.6. The van der Waals surface area contributed by atoms with Gasteiger partial charge in [0.15, 0.2) is 6.10 Å². The lowest BCUT2D eigenvalue weighted by Gasteiger charge is -2.34. The number of quaternary nitrogens is 1. The first-order valence-corrected chi connectivity index (χ1v) is 15.4. The van der Waals surface area contributed by atoms with Gasteiger partial charge in [0.25, 0.3) is 0 Å². The molecule has 0 N–H and O–H groups in total. The van der Waals surface area contributed by atoms with Gasteiger partial charge in [-0.05, 0) is 38.5 Å². The Morgan fingerprint density at radius 3 is 1.98 bits per heavy atom. The molecule has 0 aliphatic heterocycles. The van der Waals surface area contributed by atoms with E-state index >= 15 is 0 Å². The molecule has 0 heterocycles. The highest BCUT2D eigenvalue weighted by Crippen LogP contribution is 2.11. The van der Waals surface area contributed by atoms with Crippen LogP contribution in [-0.4, -0.2) is 75.5 Å². The number of hydrogen-bond donors (Lipinski definition) is 0. The van der Waals surface area contributed by atoms with Crippen molar-refractivity contribution in [1.82, 2.24) is 0 Å². The lowest BCUT2D eigenvalue weighted by Crippen LogP contribution is -2.55. The number of carboxylic acid groups (broad SMARTS) is 1. The fourth-order valence-corrected chi connectivity index (χ4v) is 4.06. The number of carbonyl (C=O) groups excluding carboxylic acids is 3. The predicted octanol–water partition coefficient (Wildman–Crippen LogP) is 5.29. The highest BCUT2D eigenvalue weighted by molar-refractivity contribution is 5.70. The molecule has 0 spiro atoms. The Morgan fingerprint density at radius 2 is 1.35 bits per heavy atom. The maximum absolute atomic E-state index is 12.4. The van der Waals surface area contributed by atoms with E-state index < -0.39 is 18.1 Å². The van der Waals surface area contributed by atoms with Crippen LogP contribution in [0.15, 0.2) is 24.3 Å². The molecule has 8 nitrogen and oxygen atoms in total. The monoisotopic (exact) mass is 567 g/mol. The van der Waals surface area contributed by atoms with Gasteiger partial charge in [0.1, 0.15) is 12.6 Å². The maximum Gasteiger partial charge on any atom is 0.306 e. The van der Waals surface area contributed by atoms with Crippen molar-refractivity contribution >= 4 is 17.9 Å². The Kier molecular flexibility index (Phi) is 23.2. The number of carbonyl (C=O) groups is 3. The number of esters is 2. The molecular weight excluding hydrogens is 510 g/mol. The highest BCUT2D eigenvalue weighted by atomic mass is 16.6. The summed E-state index contributed by atoms with van der Waals surface area (Å²) >= 11 is 0. The van der Waals surface area contributed by atoms with Gasteiger partial charge in [0.2, 0.25) is 0 Å². The van der Waals surface area contributed by atoms with E-state index in [-0.39, 0.29) is 42.7 Å². The lowest BCUT2D eigenvalue weighted by atomic mass is 10.1. The van der Waals surface area contributed by atoms with Crippen LogP contribution in [0.2, 0.25) is 0 Å². The van der Waals surface area contributed by atoms with Crippen molar-refractivity contribution in [3.8, 4) is 0 Å². The number of unbranched alkanes of at least 4 members (excludes halogenated alkanes) is 8. The summed E-state index contributed by atoms with van der Waals surface area (Å²) in [4.78, 5) is 35.8. The van der Waals surface area contributed by atoms with Crippen molar-refractivity contribution in [2.24, 2.45) is 0 Å². The average Bonchev–Trinajstić information content (AvgIpc) is 2.89. The summed E-state index contributed by atoms with van der Waals surface area (Å²) in [5.41, 5.74) is 0. The zero-order valence-corrected chi connectivity index (χ0v) is 26.0. The molecule has 8 heteroatoms. The molecule has 0 radical (unpaired) electrons. The maximum atomic E-state index is 12.4. The van der Waals surface area contributed by atoms with Crippen LogP contribution in [0.3, 0.4) is 0 Å². The molecule has 0 saturated carbocycles.